The molecule has 0 bridgehead atoms. The Bertz CT molecular complexity index is 978. The Labute approximate surface area is 181 Å². The predicted octanol–water partition coefficient (Wildman–Crippen LogP) is 4.46. The molecule has 30 heavy (non-hydrogen) atoms. The number of carbonyl (C=O) groups excluding carboxylic acids is 2. The lowest BCUT2D eigenvalue weighted by molar-refractivity contribution is -0.117. The maximum absolute atomic E-state index is 13.5. The van der Waals surface area contributed by atoms with Crippen LogP contribution in [0.2, 0.25) is 5.02 Å². The van der Waals surface area contributed by atoms with Crippen molar-refractivity contribution in [3.8, 4) is 11.5 Å². The molecule has 4 rings (SSSR count). The second-order valence-electron chi connectivity index (χ2n) is 7.58. The Morgan fingerprint density at radius 2 is 1.90 bits per heavy atom. The Morgan fingerprint density at radius 3 is 2.60 bits per heavy atom. The number of carbonyl (C=O) groups is 2. The first-order chi connectivity index (χ1) is 14.5. The molecular formula is C23H25ClN2O4. The van der Waals surface area contributed by atoms with Gasteiger partial charge in [-0.1, -0.05) is 11.6 Å². The van der Waals surface area contributed by atoms with Crippen molar-refractivity contribution in [3.05, 3.63) is 52.5 Å². The Morgan fingerprint density at radius 1 is 1.07 bits per heavy atom. The van der Waals surface area contributed by atoms with Crippen molar-refractivity contribution >= 4 is 29.1 Å². The topological polar surface area (TPSA) is 59.1 Å². The molecule has 0 radical (unpaired) electrons. The molecule has 2 aromatic rings. The second-order valence-corrected chi connectivity index (χ2v) is 7.99. The minimum absolute atomic E-state index is 0.0432. The van der Waals surface area contributed by atoms with Gasteiger partial charge in [0.1, 0.15) is 11.5 Å². The number of nitrogens with zero attached hydrogens (tertiary/aromatic N) is 2. The van der Waals surface area contributed by atoms with E-state index in [-0.39, 0.29) is 17.9 Å². The monoisotopic (exact) mass is 428 g/mol. The number of ether oxygens (including phenoxy) is 2. The minimum atomic E-state index is -0.102. The molecule has 2 aliphatic heterocycles. The van der Waals surface area contributed by atoms with Gasteiger partial charge in [-0.25, -0.2) is 0 Å². The van der Waals surface area contributed by atoms with Gasteiger partial charge in [-0.05, 0) is 55.7 Å². The number of hydrogen-bond acceptors (Lipinski definition) is 4. The molecule has 1 unspecified atom stereocenters. The third-order valence-corrected chi connectivity index (χ3v) is 6.19. The van der Waals surface area contributed by atoms with Crippen molar-refractivity contribution in [2.75, 3.05) is 32.2 Å². The number of halogens is 1. The normalized spacial score (nSPS) is 18.8. The summed E-state index contributed by atoms with van der Waals surface area (Å²) in [5, 5.41) is 0.481. The molecule has 158 valence electrons. The third kappa shape index (κ3) is 3.72. The van der Waals surface area contributed by atoms with E-state index in [9.17, 15) is 9.59 Å². The number of benzene rings is 2. The summed E-state index contributed by atoms with van der Waals surface area (Å²) in [6, 6.07) is 10.7. The summed E-state index contributed by atoms with van der Waals surface area (Å²) in [6.45, 7) is 1.29. The average Bonchev–Trinajstić information content (AvgIpc) is 3.42. The van der Waals surface area contributed by atoms with Crippen LogP contribution in [0.15, 0.2) is 36.4 Å². The van der Waals surface area contributed by atoms with Crippen LogP contribution in [0.3, 0.4) is 0 Å². The molecule has 0 aliphatic carbocycles. The zero-order chi connectivity index (χ0) is 21.3. The summed E-state index contributed by atoms with van der Waals surface area (Å²) >= 11 is 6.35. The first-order valence-corrected chi connectivity index (χ1v) is 10.5. The van der Waals surface area contributed by atoms with E-state index in [1.54, 1.807) is 37.3 Å². The molecule has 7 heteroatoms. The highest BCUT2D eigenvalue weighted by Crippen LogP contribution is 2.40. The lowest BCUT2D eigenvalue weighted by Gasteiger charge is -2.27. The summed E-state index contributed by atoms with van der Waals surface area (Å²) in [4.78, 5) is 29.2. The molecule has 2 heterocycles. The smallest absolute Gasteiger partial charge is 0.254 e. The van der Waals surface area contributed by atoms with E-state index in [4.69, 9.17) is 21.1 Å². The molecule has 0 N–H and O–H groups in total. The number of hydrogen-bond donors (Lipinski definition) is 0. The van der Waals surface area contributed by atoms with Crippen molar-refractivity contribution in [1.82, 2.24) is 4.90 Å². The number of methoxy groups -OCH3 is 2. The molecule has 6 nitrogen and oxygen atoms in total. The molecule has 2 aromatic carbocycles. The van der Waals surface area contributed by atoms with Gasteiger partial charge in [0.25, 0.3) is 5.91 Å². The van der Waals surface area contributed by atoms with Crippen molar-refractivity contribution in [3.63, 3.8) is 0 Å². The van der Waals surface area contributed by atoms with E-state index in [0.717, 1.165) is 36.3 Å². The predicted molar refractivity (Wildman–Crippen MR) is 116 cm³/mol. The molecular weight excluding hydrogens is 404 g/mol. The van der Waals surface area contributed by atoms with Crippen molar-refractivity contribution in [2.24, 2.45) is 0 Å². The number of amides is 2. The summed E-state index contributed by atoms with van der Waals surface area (Å²) in [6.07, 6.45) is 3.07. The first-order valence-electron chi connectivity index (χ1n) is 10.2. The van der Waals surface area contributed by atoms with Gasteiger partial charge < -0.3 is 19.3 Å². The van der Waals surface area contributed by atoms with Crippen molar-refractivity contribution < 1.29 is 19.1 Å². The van der Waals surface area contributed by atoms with Gasteiger partial charge in [-0.3, -0.25) is 9.59 Å². The molecule has 1 atom stereocenters. The second kappa shape index (κ2) is 8.56. The standard InChI is InChI=1S/C23H25ClN2O4/c1-29-16-8-10-21(30-2)17(14-16)19-5-3-12-26(19)23(28)15-7-9-18(24)20(13-15)25-11-4-6-22(25)27/h7-10,13-14,19H,3-6,11-12H2,1-2H3. The van der Waals surface area contributed by atoms with E-state index in [0.29, 0.717) is 35.8 Å². The molecule has 0 spiro atoms. The zero-order valence-corrected chi connectivity index (χ0v) is 17.9. The van der Waals surface area contributed by atoms with Crippen LogP contribution in [0.5, 0.6) is 11.5 Å². The van der Waals surface area contributed by atoms with E-state index in [1.807, 2.05) is 23.1 Å². The number of rotatable bonds is 5. The first kappa shape index (κ1) is 20.5. The molecule has 0 aromatic heterocycles. The van der Waals surface area contributed by atoms with Crippen LogP contribution in [0, 0.1) is 0 Å². The van der Waals surface area contributed by atoms with Gasteiger partial charge in [0.15, 0.2) is 0 Å². The van der Waals surface area contributed by atoms with Gasteiger partial charge >= 0.3 is 0 Å². The van der Waals surface area contributed by atoms with E-state index >= 15 is 0 Å². The molecule has 2 fully saturated rings. The van der Waals surface area contributed by atoms with Crippen LogP contribution in [-0.2, 0) is 4.79 Å². The van der Waals surface area contributed by atoms with Gasteiger partial charge in [0.2, 0.25) is 5.91 Å². The average molecular weight is 429 g/mol. The van der Waals surface area contributed by atoms with Crippen LogP contribution in [0.25, 0.3) is 0 Å². The van der Waals surface area contributed by atoms with Crippen LogP contribution < -0.4 is 14.4 Å². The van der Waals surface area contributed by atoms with Crippen molar-refractivity contribution in [2.45, 2.75) is 31.7 Å². The quantitative estimate of drug-likeness (QED) is 0.705. The third-order valence-electron chi connectivity index (χ3n) is 5.87. The Kier molecular flexibility index (Phi) is 5.86. The van der Waals surface area contributed by atoms with Crippen molar-refractivity contribution in [1.29, 1.82) is 0 Å². The fourth-order valence-corrected chi connectivity index (χ4v) is 4.57. The van der Waals surface area contributed by atoms with Crippen LogP contribution in [0.4, 0.5) is 5.69 Å². The Balaban J connectivity index is 1.66. The maximum Gasteiger partial charge on any atom is 0.254 e. The van der Waals surface area contributed by atoms with E-state index < -0.39 is 0 Å². The largest absolute Gasteiger partial charge is 0.497 e. The van der Waals surface area contributed by atoms with Crippen LogP contribution in [-0.4, -0.2) is 44.0 Å². The lowest BCUT2D eigenvalue weighted by atomic mass is 10.0. The fraction of sp³-hybridized carbons (Fsp3) is 0.391. The van der Waals surface area contributed by atoms with Gasteiger partial charge in [-0.2, -0.15) is 0 Å². The molecule has 0 saturated carbocycles. The van der Waals surface area contributed by atoms with Crippen LogP contribution >= 0.6 is 11.6 Å². The molecule has 2 aliphatic rings. The van der Waals surface area contributed by atoms with Crippen LogP contribution in [0.1, 0.15) is 47.6 Å². The highest BCUT2D eigenvalue weighted by atomic mass is 35.5. The van der Waals surface area contributed by atoms with E-state index in [1.165, 1.54) is 0 Å². The maximum atomic E-state index is 13.5. The van der Waals surface area contributed by atoms with Gasteiger partial charge in [-0.15, -0.1) is 0 Å². The highest BCUT2D eigenvalue weighted by molar-refractivity contribution is 6.34. The fourth-order valence-electron chi connectivity index (χ4n) is 4.35. The van der Waals surface area contributed by atoms with Gasteiger partial charge in [0, 0.05) is 30.6 Å². The number of likely N-dealkylation sites (tertiary alicyclic amines) is 1. The number of anilines is 1. The lowest BCUT2D eigenvalue weighted by Crippen LogP contribution is -2.31. The summed E-state index contributed by atoms with van der Waals surface area (Å²) in [7, 11) is 3.25. The Hall–Kier alpha value is -2.73. The summed E-state index contributed by atoms with van der Waals surface area (Å²) < 4.78 is 10.9. The summed E-state index contributed by atoms with van der Waals surface area (Å²) in [5.74, 6) is 1.43. The SMILES string of the molecule is COc1ccc(OC)c(C2CCCN2C(=O)c2ccc(Cl)c(N3CCCC3=O)c2)c1. The zero-order valence-electron chi connectivity index (χ0n) is 17.2. The molecule has 2 amide bonds. The summed E-state index contributed by atoms with van der Waals surface area (Å²) in [5.41, 5.74) is 2.08. The minimum Gasteiger partial charge on any atom is -0.497 e. The highest BCUT2D eigenvalue weighted by Gasteiger charge is 2.33. The molecule has 2 saturated heterocycles. The van der Waals surface area contributed by atoms with E-state index in [2.05, 4.69) is 0 Å². The van der Waals surface area contributed by atoms with Gasteiger partial charge in [0.05, 0.1) is 31.0 Å².